The van der Waals surface area contributed by atoms with Crippen LogP contribution in [0.5, 0.6) is 0 Å². The second kappa shape index (κ2) is 9.86. The van der Waals surface area contributed by atoms with Crippen molar-refractivity contribution in [2.75, 3.05) is 0 Å². The Morgan fingerprint density at radius 3 is 2.39 bits per heavy atom. The number of benzene rings is 1. The first-order chi connectivity index (χ1) is 10.7. The predicted octanol–water partition coefficient (Wildman–Crippen LogP) is 6.33. The van der Waals surface area contributed by atoms with Gasteiger partial charge >= 0.3 is 0 Å². The maximum Gasteiger partial charge on any atom is 0.225 e. The number of allylic oxidation sites excluding steroid dienone is 6. The summed E-state index contributed by atoms with van der Waals surface area (Å²) < 4.78 is 5.35. The molecule has 0 amide bonds. The lowest BCUT2D eigenvalue weighted by Crippen LogP contribution is -1.82. The number of oxazole rings is 1. The van der Waals surface area contributed by atoms with Gasteiger partial charge in [0.05, 0.1) is 11.6 Å². The van der Waals surface area contributed by atoms with Crippen LogP contribution in [0.25, 0.3) is 5.57 Å². The van der Waals surface area contributed by atoms with Crippen molar-refractivity contribution in [3.05, 3.63) is 83.6 Å². The van der Waals surface area contributed by atoms with Gasteiger partial charge in [-0.25, -0.2) is 4.98 Å². The molecule has 3 rings (SSSR count). The van der Waals surface area contributed by atoms with Gasteiger partial charge in [0.15, 0.2) is 0 Å². The quantitative estimate of drug-likeness (QED) is 0.601. The van der Waals surface area contributed by atoms with E-state index in [1.807, 2.05) is 24.3 Å². The molecule has 2 aromatic rings. The van der Waals surface area contributed by atoms with Crippen LogP contribution in [0.15, 0.2) is 70.9 Å². The van der Waals surface area contributed by atoms with Gasteiger partial charge in [0.1, 0.15) is 6.26 Å². The first-order valence-corrected chi connectivity index (χ1v) is 7.80. The molecule has 1 aromatic heterocycles. The average molecular weight is 330 g/mol. The van der Waals surface area contributed by atoms with Crippen molar-refractivity contribution >= 4 is 17.2 Å². The van der Waals surface area contributed by atoms with E-state index in [1.165, 1.54) is 11.1 Å². The molecular weight excluding hydrogens is 306 g/mol. The van der Waals surface area contributed by atoms with E-state index in [1.54, 1.807) is 6.26 Å². The molecule has 1 heterocycles. The first-order valence-electron chi connectivity index (χ1n) is 7.26. The molecule has 0 unspecified atom stereocenters. The molecule has 0 spiro atoms. The Labute approximate surface area is 144 Å². The van der Waals surface area contributed by atoms with Crippen molar-refractivity contribution in [1.29, 1.82) is 0 Å². The number of halogens is 1. The van der Waals surface area contributed by atoms with Gasteiger partial charge in [-0.05, 0) is 26.3 Å². The van der Waals surface area contributed by atoms with Gasteiger partial charge in [-0.2, -0.15) is 0 Å². The van der Waals surface area contributed by atoms with E-state index in [4.69, 9.17) is 16.0 Å². The third-order valence-corrected chi connectivity index (χ3v) is 3.45. The smallest absolute Gasteiger partial charge is 0.225 e. The Balaban J connectivity index is 0.000000280. The van der Waals surface area contributed by atoms with E-state index in [0.29, 0.717) is 11.8 Å². The van der Waals surface area contributed by atoms with E-state index >= 15 is 0 Å². The van der Waals surface area contributed by atoms with E-state index in [9.17, 15) is 0 Å². The minimum absolute atomic E-state index is 0. The summed E-state index contributed by atoms with van der Waals surface area (Å²) in [5.41, 5.74) is 4.36. The van der Waals surface area contributed by atoms with Gasteiger partial charge < -0.3 is 4.42 Å². The molecule has 0 radical (unpaired) electrons. The standard InChI is InChI=1S/C12H12ClNO.C7H8.CH4/c1-9-3-2-4-10(6-5-9)12-14-11(7-13)8-15-12;1-7-5-3-2-4-6-7;/h3-6,8H,2,7H2,1H3;2-6H,1H3;1H4. The van der Waals surface area contributed by atoms with Crippen LogP contribution in [0.3, 0.4) is 0 Å². The molecule has 0 atom stereocenters. The van der Waals surface area contributed by atoms with E-state index in [2.05, 4.69) is 49.2 Å². The van der Waals surface area contributed by atoms with Crippen LogP contribution in [0.1, 0.15) is 37.9 Å². The molecule has 0 bridgehead atoms. The Morgan fingerprint density at radius 1 is 1.09 bits per heavy atom. The maximum atomic E-state index is 5.66. The molecule has 1 aromatic carbocycles. The SMILES string of the molecule is C.CC1=CCC=C(c2nc(CCl)co2)C=C1.Cc1ccccc1. The van der Waals surface area contributed by atoms with Gasteiger partial charge in [0.2, 0.25) is 5.89 Å². The summed E-state index contributed by atoms with van der Waals surface area (Å²) in [5.74, 6) is 1.03. The zero-order valence-electron chi connectivity index (χ0n) is 12.9. The Morgan fingerprint density at radius 2 is 1.83 bits per heavy atom. The molecule has 0 fully saturated rings. The molecule has 0 saturated heterocycles. The Hall–Kier alpha value is -2.06. The van der Waals surface area contributed by atoms with E-state index < -0.39 is 0 Å². The molecule has 23 heavy (non-hydrogen) atoms. The molecule has 122 valence electrons. The van der Waals surface area contributed by atoms with Gasteiger partial charge in [-0.15, -0.1) is 11.6 Å². The predicted molar refractivity (Wildman–Crippen MR) is 99.5 cm³/mol. The zero-order valence-corrected chi connectivity index (χ0v) is 13.7. The zero-order chi connectivity index (χ0) is 15.8. The van der Waals surface area contributed by atoms with E-state index in [-0.39, 0.29) is 7.43 Å². The summed E-state index contributed by atoms with van der Waals surface area (Å²) >= 11 is 5.66. The number of rotatable bonds is 2. The summed E-state index contributed by atoms with van der Waals surface area (Å²) in [5, 5.41) is 0. The minimum Gasteiger partial charge on any atom is -0.444 e. The lowest BCUT2D eigenvalue weighted by Gasteiger charge is -1.92. The van der Waals surface area contributed by atoms with E-state index in [0.717, 1.165) is 17.7 Å². The van der Waals surface area contributed by atoms with Crippen LogP contribution in [0, 0.1) is 6.92 Å². The molecule has 0 N–H and O–H groups in total. The number of aryl methyl sites for hydroxylation is 1. The van der Waals surface area contributed by atoms with Crippen LogP contribution >= 0.6 is 11.6 Å². The van der Waals surface area contributed by atoms with Crippen molar-refractivity contribution in [1.82, 2.24) is 4.98 Å². The number of nitrogens with zero attached hydrogens (tertiary/aromatic N) is 1. The highest BCUT2D eigenvalue weighted by molar-refractivity contribution is 6.16. The summed E-state index contributed by atoms with van der Waals surface area (Å²) in [6.07, 6.45) is 10.8. The summed E-state index contributed by atoms with van der Waals surface area (Å²) in [7, 11) is 0. The maximum absolute atomic E-state index is 5.66. The van der Waals surface area contributed by atoms with Crippen LogP contribution < -0.4 is 0 Å². The van der Waals surface area contributed by atoms with Crippen LogP contribution in [0.4, 0.5) is 0 Å². The van der Waals surface area contributed by atoms with Gasteiger partial charge in [-0.3, -0.25) is 0 Å². The third-order valence-electron chi connectivity index (χ3n) is 3.18. The lowest BCUT2D eigenvalue weighted by molar-refractivity contribution is 0.542. The highest BCUT2D eigenvalue weighted by Crippen LogP contribution is 2.20. The van der Waals surface area contributed by atoms with Crippen molar-refractivity contribution in [2.24, 2.45) is 0 Å². The molecule has 1 aliphatic carbocycles. The second-order valence-electron chi connectivity index (χ2n) is 5.11. The Bertz CT molecular complexity index is 681. The number of alkyl halides is 1. The number of hydrogen-bond donors (Lipinski definition) is 0. The van der Waals surface area contributed by atoms with Crippen molar-refractivity contribution in [2.45, 2.75) is 33.6 Å². The summed E-state index contributed by atoms with van der Waals surface area (Å²) in [4.78, 5) is 4.28. The molecule has 2 nitrogen and oxygen atoms in total. The molecule has 3 heteroatoms. The molecule has 1 aliphatic rings. The molecular formula is C20H24ClNO. The summed E-state index contributed by atoms with van der Waals surface area (Å²) in [6, 6.07) is 10.3. The first kappa shape index (κ1) is 19.0. The van der Waals surface area contributed by atoms with Crippen LogP contribution in [0.2, 0.25) is 0 Å². The normalized spacial score (nSPS) is 13.0. The van der Waals surface area contributed by atoms with Crippen molar-refractivity contribution in [3.8, 4) is 0 Å². The summed E-state index contributed by atoms with van der Waals surface area (Å²) in [6.45, 7) is 4.16. The monoisotopic (exact) mass is 329 g/mol. The highest BCUT2D eigenvalue weighted by Gasteiger charge is 2.07. The number of aromatic nitrogens is 1. The largest absolute Gasteiger partial charge is 0.444 e. The highest BCUT2D eigenvalue weighted by atomic mass is 35.5. The minimum atomic E-state index is 0. The van der Waals surface area contributed by atoms with Crippen molar-refractivity contribution < 1.29 is 4.42 Å². The van der Waals surface area contributed by atoms with Gasteiger partial charge in [-0.1, -0.05) is 67.1 Å². The fraction of sp³-hybridized carbons (Fsp3) is 0.250. The Kier molecular flexibility index (Phi) is 8.14. The molecule has 0 saturated carbocycles. The number of hydrogen-bond acceptors (Lipinski definition) is 2. The van der Waals surface area contributed by atoms with Crippen molar-refractivity contribution in [3.63, 3.8) is 0 Å². The fourth-order valence-corrected chi connectivity index (χ4v) is 2.05. The lowest BCUT2D eigenvalue weighted by atomic mass is 10.2. The fourth-order valence-electron chi connectivity index (χ4n) is 1.92. The molecule has 0 aliphatic heterocycles. The topological polar surface area (TPSA) is 26.0 Å². The van der Waals surface area contributed by atoms with Crippen LogP contribution in [-0.4, -0.2) is 4.98 Å². The van der Waals surface area contributed by atoms with Gasteiger partial charge in [0, 0.05) is 5.57 Å². The third kappa shape index (κ3) is 6.29. The average Bonchev–Trinajstić information content (AvgIpc) is 2.91. The van der Waals surface area contributed by atoms with Crippen LogP contribution in [-0.2, 0) is 5.88 Å². The van der Waals surface area contributed by atoms with Gasteiger partial charge in [0.25, 0.3) is 0 Å². The second-order valence-corrected chi connectivity index (χ2v) is 5.38.